The van der Waals surface area contributed by atoms with Crippen molar-refractivity contribution in [1.82, 2.24) is 4.57 Å². The van der Waals surface area contributed by atoms with Gasteiger partial charge in [-0.2, -0.15) is 0 Å². The molecule has 1 fully saturated rings. The molecule has 0 aliphatic carbocycles. The summed E-state index contributed by atoms with van der Waals surface area (Å²) in [5.74, 6) is -1.93. The smallest absolute Gasteiger partial charge is 0.341 e. The van der Waals surface area contributed by atoms with Gasteiger partial charge in [0, 0.05) is 25.8 Å². The molecule has 1 aromatic heterocycles. The van der Waals surface area contributed by atoms with Gasteiger partial charge in [0.1, 0.15) is 11.4 Å². The van der Waals surface area contributed by atoms with Crippen molar-refractivity contribution in [2.75, 3.05) is 18.0 Å². The van der Waals surface area contributed by atoms with Crippen LogP contribution in [0.2, 0.25) is 5.02 Å². The summed E-state index contributed by atoms with van der Waals surface area (Å²) >= 11 is 6.43. The number of nitrogens with zero attached hydrogens (tertiary/aromatic N) is 2. The number of hydrogen-bond donors (Lipinski definition) is 1. The normalized spacial score (nSPS) is 14.7. The van der Waals surface area contributed by atoms with Crippen LogP contribution in [0.25, 0.3) is 10.9 Å². The summed E-state index contributed by atoms with van der Waals surface area (Å²) in [5.41, 5.74) is -0.427. The number of halogens is 2. The number of rotatable bonds is 3. The fraction of sp³-hybridized carbons (Fsp3) is 0.375. The highest BCUT2D eigenvalue weighted by Gasteiger charge is 2.24. The van der Waals surface area contributed by atoms with E-state index in [0.29, 0.717) is 30.8 Å². The van der Waals surface area contributed by atoms with E-state index >= 15 is 0 Å². The first kappa shape index (κ1) is 15.8. The summed E-state index contributed by atoms with van der Waals surface area (Å²) in [4.78, 5) is 25.4. The van der Waals surface area contributed by atoms with Crippen molar-refractivity contribution in [3.63, 3.8) is 0 Å². The number of hydrogen-bond acceptors (Lipinski definition) is 3. The molecule has 23 heavy (non-hydrogen) atoms. The summed E-state index contributed by atoms with van der Waals surface area (Å²) in [6.07, 6.45) is 3.20. The molecule has 0 radical (unpaired) electrons. The Morgan fingerprint density at radius 3 is 2.61 bits per heavy atom. The molecule has 5 nitrogen and oxygen atoms in total. The van der Waals surface area contributed by atoms with Crippen LogP contribution in [0.5, 0.6) is 0 Å². The highest BCUT2D eigenvalue weighted by Crippen LogP contribution is 2.37. The molecule has 7 heteroatoms. The molecule has 2 aromatic rings. The molecule has 0 atom stereocenters. The van der Waals surface area contributed by atoms with E-state index in [4.69, 9.17) is 16.7 Å². The summed E-state index contributed by atoms with van der Waals surface area (Å²) in [5, 5.41) is 9.32. The zero-order valence-electron chi connectivity index (χ0n) is 12.6. The first-order chi connectivity index (χ1) is 11.0. The third kappa shape index (κ3) is 2.47. The van der Waals surface area contributed by atoms with E-state index in [0.717, 1.165) is 18.9 Å². The molecule has 122 valence electrons. The van der Waals surface area contributed by atoms with Crippen LogP contribution in [0.3, 0.4) is 0 Å². The quantitative estimate of drug-likeness (QED) is 0.934. The molecule has 3 rings (SSSR count). The van der Waals surface area contributed by atoms with Gasteiger partial charge in [0.15, 0.2) is 0 Å². The summed E-state index contributed by atoms with van der Waals surface area (Å²) in [6.45, 7) is 3.66. The van der Waals surface area contributed by atoms with Gasteiger partial charge < -0.3 is 14.6 Å². The number of carbonyl (C=O) groups is 1. The van der Waals surface area contributed by atoms with E-state index < -0.39 is 17.2 Å². The van der Waals surface area contributed by atoms with Crippen molar-refractivity contribution in [2.24, 2.45) is 0 Å². The lowest BCUT2D eigenvalue weighted by atomic mass is 10.1. The van der Waals surface area contributed by atoms with E-state index in [-0.39, 0.29) is 16.0 Å². The molecule has 1 N–H and O–H groups in total. The molecule has 0 amide bonds. The number of anilines is 1. The van der Waals surface area contributed by atoms with Crippen LogP contribution in [-0.2, 0) is 6.54 Å². The van der Waals surface area contributed by atoms with E-state index in [1.54, 1.807) is 4.57 Å². The zero-order valence-corrected chi connectivity index (χ0v) is 13.4. The predicted octanol–water partition coefficient (Wildman–Crippen LogP) is 3.11. The maximum atomic E-state index is 14.6. The monoisotopic (exact) mass is 338 g/mol. The molecule has 0 spiro atoms. The molecular weight excluding hydrogens is 323 g/mol. The van der Waals surface area contributed by atoms with Crippen LogP contribution in [-0.4, -0.2) is 28.7 Å². The Morgan fingerprint density at radius 2 is 2.04 bits per heavy atom. The molecule has 1 aromatic carbocycles. The van der Waals surface area contributed by atoms with Crippen molar-refractivity contribution in [1.29, 1.82) is 0 Å². The van der Waals surface area contributed by atoms with Gasteiger partial charge in [0.05, 0.1) is 21.6 Å². The van der Waals surface area contributed by atoms with Gasteiger partial charge in [-0.05, 0) is 25.8 Å². The van der Waals surface area contributed by atoms with Crippen LogP contribution in [0.1, 0.15) is 30.1 Å². The lowest BCUT2D eigenvalue weighted by molar-refractivity contribution is 0.0695. The number of aryl methyl sites for hydroxylation is 1. The maximum Gasteiger partial charge on any atom is 0.341 e. The second-order valence-corrected chi connectivity index (χ2v) is 5.95. The van der Waals surface area contributed by atoms with Gasteiger partial charge in [-0.15, -0.1) is 0 Å². The molecule has 1 aliphatic heterocycles. The highest BCUT2D eigenvalue weighted by atomic mass is 35.5. The number of carboxylic acid groups (broad SMARTS) is 1. The fourth-order valence-corrected chi connectivity index (χ4v) is 3.53. The summed E-state index contributed by atoms with van der Waals surface area (Å²) in [6, 6.07) is 1.11. The van der Waals surface area contributed by atoms with Gasteiger partial charge in [0.2, 0.25) is 5.43 Å². The highest BCUT2D eigenvalue weighted by molar-refractivity contribution is 6.38. The largest absolute Gasteiger partial charge is 0.477 e. The second-order valence-electron chi connectivity index (χ2n) is 5.57. The van der Waals surface area contributed by atoms with E-state index in [1.807, 2.05) is 11.8 Å². The summed E-state index contributed by atoms with van der Waals surface area (Å²) in [7, 11) is 0. The Labute approximate surface area is 136 Å². The van der Waals surface area contributed by atoms with E-state index in [1.165, 1.54) is 6.20 Å². The number of carboxylic acids is 1. The van der Waals surface area contributed by atoms with Crippen LogP contribution in [0.15, 0.2) is 17.1 Å². The van der Waals surface area contributed by atoms with Crippen molar-refractivity contribution >= 4 is 34.2 Å². The minimum Gasteiger partial charge on any atom is -0.477 e. The van der Waals surface area contributed by atoms with Gasteiger partial charge in [-0.25, -0.2) is 9.18 Å². The average molecular weight is 339 g/mol. The topological polar surface area (TPSA) is 62.5 Å². The lowest BCUT2D eigenvalue weighted by Crippen LogP contribution is -2.22. The summed E-state index contributed by atoms with van der Waals surface area (Å²) < 4.78 is 16.1. The molecular formula is C16H16ClFN2O3. The number of pyridine rings is 1. The Morgan fingerprint density at radius 1 is 1.39 bits per heavy atom. The van der Waals surface area contributed by atoms with Crippen molar-refractivity contribution in [3.05, 3.63) is 38.9 Å². The third-order valence-corrected chi connectivity index (χ3v) is 4.58. The van der Waals surface area contributed by atoms with Gasteiger partial charge >= 0.3 is 5.97 Å². The van der Waals surface area contributed by atoms with Gasteiger partial charge in [-0.3, -0.25) is 4.79 Å². The third-order valence-electron chi connectivity index (χ3n) is 4.22. The second kappa shape index (κ2) is 5.85. The van der Waals surface area contributed by atoms with Crippen LogP contribution < -0.4 is 10.3 Å². The maximum absolute atomic E-state index is 14.6. The Bertz CT molecular complexity index is 857. The number of aromatic nitrogens is 1. The minimum absolute atomic E-state index is 0.00260. The Hall–Kier alpha value is -2.08. The van der Waals surface area contributed by atoms with Crippen molar-refractivity contribution in [2.45, 2.75) is 26.3 Å². The SMILES string of the molecule is CCn1cc(C(=O)O)c(=O)c2cc(F)c(N3CCCC3)c(Cl)c21. The molecule has 1 aliphatic rings. The number of fused-ring (bicyclic) bond motifs is 1. The van der Waals surface area contributed by atoms with Gasteiger partial charge in [0.25, 0.3) is 0 Å². The van der Waals surface area contributed by atoms with Gasteiger partial charge in [-0.1, -0.05) is 11.6 Å². The van der Waals surface area contributed by atoms with Crippen LogP contribution in [0, 0.1) is 5.82 Å². The molecule has 1 saturated heterocycles. The molecule has 0 bridgehead atoms. The minimum atomic E-state index is -1.33. The van der Waals surface area contributed by atoms with Crippen molar-refractivity contribution < 1.29 is 14.3 Å². The molecule has 2 heterocycles. The van der Waals surface area contributed by atoms with Crippen molar-refractivity contribution in [3.8, 4) is 0 Å². The van der Waals surface area contributed by atoms with Crippen LogP contribution in [0.4, 0.5) is 10.1 Å². The fourth-order valence-electron chi connectivity index (χ4n) is 3.11. The first-order valence-electron chi connectivity index (χ1n) is 7.49. The predicted molar refractivity (Wildman–Crippen MR) is 87.3 cm³/mol. The lowest BCUT2D eigenvalue weighted by Gasteiger charge is -2.22. The Kier molecular flexibility index (Phi) is 4.02. The van der Waals surface area contributed by atoms with E-state index in [9.17, 15) is 14.0 Å². The van der Waals surface area contributed by atoms with E-state index in [2.05, 4.69) is 0 Å². The molecule has 0 unspecified atom stereocenters. The van der Waals surface area contributed by atoms with Crippen LogP contribution >= 0.6 is 11.6 Å². The molecule has 0 saturated carbocycles. The number of aromatic carboxylic acids is 1. The standard InChI is InChI=1S/C16H16ClFN2O3/c1-2-19-8-10(16(22)23)15(21)9-7-11(18)14(12(17)13(9)19)20-5-3-4-6-20/h7-8H,2-6H2,1H3,(H,22,23). The zero-order chi connectivity index (χ0) is 16.7. The Balaban J connectivity index is 2.39. The average Bonchev–Trinajstić information content (AvgIpc) is 3.02. The number of benzene rings is 1. The first-order valence-corrected chi connectivity index (χ1v) is 7.87.